The molecule has 0 spiro atoms. The topological polar surface area (TPSA) is 18.5 Å². The lowest BCUT2D eigenvalue weighted by molar-refractivity contribution is 0.0336. The highest BCUT2D eigenvalue weighted by molar-refractivity contribution is 4.62. The van der Waals surface area contributed by atoms with E-state index in [1.807, 2.05) is 0 Å². The molecule has 1 aliphatic rings. The summed E-state index contributed by atoms with van der Waals surface area (Å²) in [6.45, 7) is 5.54. The molecule has 0 aromatic heterocycles. The monoisotopic (exact) mass is 116 g/mol. The van der Waals surface area contributed by atoms with Gasteiger partial charge in [0, 0.05) is 0 Å². The van der Waals surface area contributed by atoms with Crippen LogP contribution in [0.25, 0.3) is 0 Å². The second-order valence-electron chi connectivity index (χ2n) is 2.44. The minimum absolute atomic E-state index is 0.343. The molecule has 1 fully saturated rings. The summed E-state index contributed by atoms with van der Waals surface area (Å²) in [4.78, 5) is 0. The second kappa shape index (κ2) is 2.46. The number of rotatable bonds is 1. The molecule has 0 N–H and O–H groups in total. The van der Waals surface area contributed by atoms with Crippen LogP contribution < -0.4 is 0 Å². The summed E-state index contributed by atoms with van der Waals surface area (Å²) in [5, 5.41) is 0. The van der Waals surface area contributed by atoms with Crippen molar-refractivity contribution in [2.24, 2.45) is 5.92 Å². The first-order chi connectivity index (χ1) is 3.80. The van der Waals surface area contributed by atoms with E-state index in [0.29, 0.717) is 18.8 Å². The Morgan fingerprint density at radius 3 is 2.50 bits per heavy atom. The van der Waals surface area contributed by atoms with Gasteiger partial charge in [-0.1, -0.05) is 13.8 Å². The van der Waals surface area contributed by atoms with Gasteiger partial charge in [0.25, 0.3) is 0 Å². The third-order valence-electron chi connectivity index (χ3n) is 1.39. The first kappa shape index (κ1) is 6.05. The van der Waals surface area contributed by atoms with Crippen LogP contribution >= 0.6 is 0 Å². The zero-order valence-corrected chi connectivity index (χ0v) is 5.39. The van der Waals surface area contributed by atoms with E-state index in [-0.39, 0.29) is 0 Å². The maximum absolute atomic E-state index is 5.19. The van der Waals surface area contributed by atoms with Crippen LogP contribution in [0.1, 0.15) is 13.8 Å². The highest BCUT2D eigenvalue weighted by Gasteiger charge is 2.18. The molecule has 0 aliphatic carbocycles. The Kier molecular flexibility index (Phi) is 1.86. The molecule has 1 heterocycles. The van der Waals surface area contributed by atoms with Crippen LogP contribution in [0.15, 0.2) is 0 Å². The minimum Gasteiger partial charge on any atom is -0.353 e. The van der Waals surface area contributed by atoms with Gasteiger partial charge in [0.1, 0.15) is 6.79 Å². The molecule has 2 heteroatoms. The Morgan fingerprint density at radius 1 is 1.50 bits per heavy atom. The van der Waals surface area contributed by atoms with Crippen LogP contribution in [0, 0.1) is 5.92 Å². The van der Waals surface area contributed by atoms with Gasteiger partial charge in [-0.3, -0.25) is 0 Å². The van der Waals surface area contributed by atoms with Gasteiger partial charge >= 0.3 is 0 Å². The lowest BCUT2D eigenvalue weighted by Gasteiger charge is -2.09. The van der Waals surface area contributed by atoms with Crippen molar-refractivity contribution in [1.29, 1.82) is 0 Å². The van der Waals surface area contributed by atoms with E-state index in [1.54, 1.807) is 0 Å². The van der Waals surface area contributed by atoms with E-state index in [2.05, 4.69) is 13.8 Å². The smallest absolute Gasteiger partial charge is 0.147 e. The summed E-state index contributed by atoms with van der Waals surface area (Å²) in [6.07, 6.45) is 0.343. The average Bonchev–Trinajstić information content (AvgIpc) is 2.12. The molecule has 8 heavy (non-hydrogen) atoms. The molecule has 0 aromatic carbocycles. The van der Waals surface area contributed by atoms with Crippen molar-refractivity contribution in [3.05, 3.63) is 0 Å². The Morgan fingerprint density at radius 2 is 2.25 bits per heavy atom. The molecule has 0 aromatic rings. The predicted octanol–water partition coefficient (Wildman–Crippen LogP) is 1.02. The molecule has 0 unspecified atom stereocenters. The quantitative estimate of drug-likeness (QED) is 0.509. The van der Waals surface area contributed by atoms with Crippen LogP contribution in [0.3, 0.4) is 0 Å². The lowest BCUT2D eigenvalue weighted by atomic mass is 10.1. The minimum atomic E-state index is 0.343. The molecule has 1 rings (SSSR count). The van der Waals surface area contributed by atoms with E-state index in [0.717, 1.165) is 6.61 Å². The summed E-state index contributed by atoms with van der Waals surface area (Å²) in [6, 6.07) is 0. The number of ether oxygens (including phenoxy) is 2. The van der Waals surface area contributed by atoms with Crippen LogP contribution in [-0.4, -0.2) is 19.5 Å². The van der Waals surface area contributed by atoms with Gasteiger partial charge in [0.05, 0.1) is 12.7 Å². The van der Waals surface area contributed by atoms with Crippen molar-refractivity contribution in [2.75, 3.05) is 13.4 Å². The molecule has 0 bridgehead atoms. The maximum atomic E-state index is 5.19. The first-order valence-corrected chi connectivity index (χ1v) is 3.00. The normalized spacial score (nSPS) is 29.6. The van der Waals surface area contributed by atoms with E-state index in [4.69, 9.17) is 9.47 Å². The molecule has 1 saturated heterocycles. The molecular formula is C6H12O2. The fourth-order valence-corrected chi connectivity index (χ4v) is 0.733. The summed E-state index contributed by atoms with van der Waals surface area (Å²) >= 11 is 0. The van der Waals surface area contributed by atoms with E-state index >= 15 is 0 Å². The van der Waals surface area contributed by atoms with Crippen LogP contribution in [0.2, 0.25) is 0 Å². The summed E-state index contributed by atoms with van der Waals surface area (Å²) in [7, 11) is 0. The molecular weight excluding hydrogens is 104 g/mol. The Balaban J connectivity index is 2.24. The van der Waals surface area contributed by atoms with Crippen molar-refractivity contribution in [1.82, 2.24) is 0 Å². The SMILES string of the molecule is CC(C)[C@H]1COCO1. The first-order valence-electron chi connectivity index (χ1n) is 3.00. The Labute approximate surface area is 49.8 Å². The third-order valence-corrected chi connectivity index (χ3v) is 1.39. The molecule has 48 valence electrons. The number of hydrogen-bond donors (Lipinski definition) is 0. The van der Waals surface area contributed by atoms with Crippen molar-refractivity contribution in [3.8, 4) is 0 Å². The summed E-state index contributed by atoms with van der Waals surface area (Å²) < 4.78 is 10.2. The van der Waals surface area contributed by atoms with E-state index in [9.17, 15) is 0 Å². The van der Waals surface area contributed by atoms with Gasteiger partial charge in [-0.25, -0.2) is 0 Å². The molecule has 1 aliphatic heterocycles. The highest BCUT2D eigenvalue weighted by Crippen LogP contribution is 2.11. The fraction of sp³-hybridized carbons (Fsp3) is 1.00. The average molecular weight is 116 g/mol. The standard InChI is InChI=1S/C6H12O2/c1-5(2)6-3-7-4-8-6/h5-6H,3-4H2,1-2H3/t6-/m1/s1. The molecule has 0 saturated carbocycles. The van der Waals surface area contributed by atoms with Gasteiger partial charge in [0.15, 0.2) is 0 Å². The lowest BCUT2D eigenvalue weighted by Crippen LogP contribution is -2.16. The molecule has 1 atom stereocenters. The van der Waals surface area contributed by atoms with Crippen molar-refractivity contribution in [3.63, 3.8) is 0 Å². The second-order valence-corrected chi connectivity index (χ2v) is 2.44. The van der Waals surface area contributed by atoms with Gasteiger partial charge in [0.2, 0.25) is 0 Å². The van der Waals surface area contributed by atoms with Crippen molar-refractivity contribution in [2.45, 2.75) is 20.0 Å². The zero-order valence-electron chi connectivity index (χ0n) is 5.39. The van der Waals surface area contributed by atoms with Gasteiger partial charge in [-0.15, -0.1) is 0 Å². The van der Waals surface area contributed by atoms with E-state index in [1.165, 1.54) is 0 Å². The van der Waals surface area contributed by atoms with Gasteiger partial charge < -0.3 is 9.47 Å². The summed E-state index contributed by atoms with van der Waals surface area (Å²) in [5.41, 5.74) is 0. The maximum Gasteiger partial charge on any atom is 0.147 e. The van der Waals surface area contributed by atoms with Crippen molar-refractivity contribution < 1.29 is 9.47 Å². The fourth-order valence-electron chi connectivity index (χ4n) is 0.733. The van der Waals surface area contributed by atoms with Gasteiger partial charge in [-0.05, 0) is 5.92 Å². The van der Waals surface area contributed by atoms with Crippen LogP contribution in [0.5, 0.6) is 0 Å². The highest BCUT2D eigenvalue weighted by atomic mass is 16.7. The molecule has 0 radical (unpaired) electrons. The Bertz CT molecular complexity index is 64.9. The largest absolute Gasteiger partial charge is 0.353 e. The van der Waals surface area contributed by atoms with E-state index < -0.39 is 0 Å². The van der Waals surface area contributed by atoms with Gasteiger partial charge in [-0.2, -0.15) is 0 Å². The van der Waals surface area contributed by atoms with Crippen LogP contribution in [-0.2, 0) is 9.47 Å². The molecule has 2 nitrogen and oxygen atoms in total. The third kappa shape index (κ3) is 1.20. The Hall–Kier alpha value is -0.0800. The molecule has 0 amide bonds. The van der Waals surface area contributed by atoms with Crippen LogP contribution in [0.4, 0.5) is 0 Å². The number of hydrogen-bond acceptors (Lipinski definition) is 2. The zero-order chi connectivity index (χ0) is 5.98. The summed E-state index contributed by atoms with van der Waals surface area (Å²) in [5.74, 6) is 0.595. The predicted molar refractivity (Wildman–Crippen MR) is 30.5 cm³/mol. The van der Waals surface area contributed by atoms with Crippen molar-refractivity contribution >= 4 is 0 Å².